The van der Waals surface area contributed by atoms with E-state index in [-0.39, 0.29) is 5.41 Å². The fourth-order valence-corrected chi connectivity index (χ4v) is 3.57. The lowest BCUT2D eigenvalue weighted by molar-refractivity contribution is 0.337. The van der Waals surface area contributed by atoms with Crippen LogP contribution in [0.15, 0.2) is 15.9 Å². The number of alkyl halides is 1. The van der Waals surface area contributed by atoms with E-state index in [4.69, 9.17) is 11.6 Å². The minimum absolute atomic E-state index is 0.264. The van der Waals surface area contributed by atoms with Gasteiger partial charge in [-0.2, -0.15) is 0 Å². The van der Waals surface area contributed by atoms with Gasteiger partial charge in [-0.3, -0.25) is 0 Å². The Labute approximate surface area is 104 Å². The van der Waals surface area contributed by atoms with Crippen molar-refractivity contribution in [3.05, 3.63) is 20.8 Å². The lowest BCUT2D eigenvalue weighted by Gasteiger charge is -2.25. The lowest BCUT2D eigenvalue weighted by Crippen LogP contribution is -2.20. The van der Waals surface area contributed by atoms with Crippen molar-refractivity contribution in [2.45, 2.75) is 33.1 Å². The zero-order chi connectivity index (χ0) is 10.6. The summed E-state index contributed by atoms with van der Waals surface area (Å²) in [6, 6.07) is 2.20. The standard InChI is InChI=1S/C11H16BrClS/c1-3-4-11(2,8-13)6-10-5-9(12)7-14-10/h5,7H,3-4,6,8H2,1-2H3. The molecule has 1 atom stereocenters. The van der Waals surface area contributed by atoms with Gasteiger partial charge in [-0.15, -0.1) is 22.9 Å². The normalized spacial score (nSPS) is 15.4. The summed E-state index contributed by atoms with van der Waals surface area (Å²) >= 11 is 11.3. The van der Waals surface area contributed by atoms with E-state index in [1.165, 1.54) is 22.2 Å². The highest BCUT2D eigenvalue weighted by Crippen LogP contribution is 2.32. The molecular weight excluding hydrogens is 280 g/mol. The summed E-state index contributed by atoms with van der Waals surface area (Å²) in [6.07, 6.45) is 3.50. The topological polar surface area (TPSA) is 0 Å². The SMILES string of the molecule is CCCC(C)(CCl)Cc1cc(Br)cs1. The zero-order valence-corrected chi connectivity index (χ0v) is 11.8. The third kappa shape index (κ3) is 3.56. The van der Waals surface area contributed by atoms with Crippen molar-refractivity contribution in [2.24, 2.45) is 5.41 Å². The molecule has 14 heavy (non-hydrogen) atoms. The molecule has 0 aliphatic carbocycles. The van der Waals surface area contributed by atoms with Gasteiger partial charge >= 0.3 is 0 Å². The van der Waals surface area contributed by atoms with Gasteiger partial charge in [0.2, 0.25) is 0 Å². The summed E-state index contributed by atoms with van der Waals surface area (Å²) < 4.78 is 1.19. The van der Waals surface area contributed by atoms with Gasteiger partial charge < -0.3 is 0 Å². The summed E-state index contributed by atoms with van der Waals surface area (Å²) in [6.45, 7) is 4.49. The summed E-state index contributed by atoms with van der Waals surface area (Å²) in [5.74, 6) is 0.746. The first-order chi connectivity index (χ1) is 6.59. The molecule has 0 nitrogen and oxygen atoms in total. The van der Waals surface area contributed by atoms with Gasteiger partial charge in [0, 0.05) is 20.6 Å². The van der Waals surface area contributed by atoms with Crippen molar-refractivity contribution in [3.8, 4) is 0 Å². The molecule has 1 rings (SSSR count). The van der Waals surface area contributed by atoms with E-state index < -0.39 is 0 Å². The fourth-order valence-electron chi connectivity index (χ4n) is 1.67. The van der Waals surface area contributed by atoms with E-state index in [2.05, 4.69) is 41.2 Å². The van der Waals surface area contributed by atoms with Crippen LogP contribution in [0.4, 0.5) is 0 Å². The predicted octanol–water partition coefficient (Wildman–Crippen LogP) is 5.10. The molecule has 1 aromatic rings. The Morgan fingerprint density at radius 2 is 2.29 bits per heavy atom. The highest BCUT2D eigenvalue weighted by Gasteiger charge is 2.23. The van der Waals surface area contributed by atoms with Crippen LogP contribution >= 0.6 is 38.9 Å². The second-order valence-corrected chi connectivity index (χ2v) is 6.28. The van der Waals surface area contributed by atoms with Gasteiger partial charge in [0.05, 0.1) is 0 Å². The van der Waals surface area contributed by atoms with Crippen LogP contribution in [0.25, 0.3) is 0 Å². The first-order valence-corrected chi connectivity index (χ1v) is 7.09. The molecule has 1 heterocycles. The molecule has 0 aromatic carbocycles. The Bertz CT molecular complexity index is 285. The van der Waals surface area contributed by atoms with Crippen LogP contribution in [-0.4, -0.2) is 5.88 Å². The Morgan fingerprint density at radius 3 is 2.71 bits per heavy atom. The number of hydrogen-bond acceptors (Lipinski definition) is 1. The summed E-state index contributed by atoms with van der Waals surface area (Å²) in [5.41, 5.74) is 0.264. The Hall–Kier alpha value is 0.470. The fraction of sp³-hybridized carbons (Fsp3) is 0.636. The number of rotatable bonds is 5. The van der Waals surface area contributed by atoms with E-state index in [9.17, 15) is 0 Å². The highest BCUT2D eigenvalue weighted by molar-refractivity contribution is 9.10. The molecule has 0 spiro atoms. The molecule has 0 fully saturated rings. The monoisotopic (exact) mass is 294 g/mol. The van der Waals surface area contributed by atoms with Crippen LogP contribution in [0.1, 0.15) is 31.6 Å². The van der Waals surface area contributed by atoms with E-state index in [0.717, 1.165) is 12.3 Å². The Balaban J connectivity index is 2.64. The largest absolute Gasteiger partial charge is 0.148 e. The number of thiophene rings is 1. The van der Waals surface area contributed by atoms with Gasteiger partial charge in [-0.25, -0.2) is 0 Å². The van der Waals surface area contributed by atoms with Crippen LogP contribution in [0.3, 0.4) is 0 Å². The van der Waals surface area contributed by atoms with Crippen LogP contribution in [-0.2, 0) is 6.42 Å². The van der Waals surface area contributed by atoms with Crippen molar-refractivity contribution < 1.29 is 0 Å². The maximum Gasteiger partial charge on any atom is 0.0285 e. The van der Waals surface area contributed by atoms with Crippen molar-refractivity contribution in [2.75, 3.05) is 5.88 Å². The summed E-state index contributed by atoms with van der Waals surface area (Å²) in [7, 11) is 0. The van der Waals surface area contributed by atoms with Crippen LogP contribution in [0.2, 0.25) is 0 Å². The molecule has 0 N–H and O–H groups in total. The van der Waals surface area contributed by atoms with Crippen molar-refractivity contribution in [1.29, 1.82) is 0 Å². The molecule has 3 heteroatoms. The van der Waals surface area contributed by atoms with Crippen LogP contribution < -0.4 is 0 Å². The van der Waals surface area contributed by atoms with Gasteiger partial charge in [-0.1, -0.05) is 20.3 Å². The zero-order valence-electron chi connectivity index (χ0n) is 8.65. The molecule has 0 saturated heterocycles. The molecule has 80 valence electrons. The minimum atomic E-state index is 0.264. The molecule has 1 aromatic heterocycles. The molecule has 0 aliphatic heterocycles. The first-order valence-electron chi connectivity index (χ1n) is 4.88. The molecular formula is C11H16BrClS. The second-order valence-electron chi connectivity index (χ2n) is 4.10. The summed E-state index contributed by atoms with van der Waals surface area (Å²) in [5, 5.41) is 2.13. The van der Waals surface area contributed by atoms with Gasteiger partial charge in [0.1, 0.15) is 0 Å². The molecule has 0 bridgehead atoms. The van der Waals surface area contributed by atoms with Crippen molar-refractivity contribution >= 4 is 38.9 Å². The molecule has 0 radical (unpaired) electrons. The Morgan fingerprint density at radius 1 is 1.57 bits per heavy atom. The van der Waals surface area contributed by atoms with Crippen molar-refractivity contribution in [1.82, 2.24) is 0 Å². The highest BCUT2D eigenvalue weighted by atomic mass is 79.9. The third-order valence-electron chi connectivity index (χ3n) is 2.40. The first kappa shape index (κ1) is 12.5. The summed E-state index contributed by atoms with van der Waals surface area (Å²) in [4.78, 5) is 1.42. The van der Waals surface area contributed by atoms with Gasteiger partial charge in [-0.05, 0) is 40.3 Å². The maximum absolute atomic E-state index is 6.04. The van der Waals surface area contributed by atoms with Gasteiger partial charge in [0.25, 0.3) is 0 Å². The average molecular weight is 296 g/mol. The third-order valence-corrected chi connectivity index (χ3v) is 4.74. The van der Waals surface area contributed by atoms with Gasteiger partial charge in [0.15, 0.2) is 0 Å². The maximum atomic E-state index is 6.04. The molecule has 0 saturated carbocycles. The smallest absolute Gasteiger partial charge is 0.0285 e. The van der Waals surface area contributed by atoms with Crippen LogP contribution in [0.5, 0.6) is 0 Å². The second kappa shape index (κ2) is 5.53. The predicted molar refractivity (Wildman–Crippen MR) is 69.5 cm³/mol. The molecule has 0 aliphatic rings. The van der Waals surface area contributed by atoms with Crippen LogP contribution in [0, 0.1) is 5.41 Å². The lowest BCUT2D eigenvalue weighted by atomic mass is 9.84. The van der Waals surface area contributed by atoms with E-state index in [1.807, 2.05) is 11.3 Å². The number of halogens is 2. The van der Waals surface area contributed by atoms with E-state index >= 15 is 0 Å². The minimum Gasteiger partial charge on any atom is -0.148 e. The Kier molecular flexibility index (Phi) is 4.95. The van der Waals surface area contributed by atoms with E-state index in [0.29, 0.717) is 0 Å². The number of hydrogen-bond donors (Lipinski definition) is 0. The average Bonchev–Trinajstić information content (AvgIpc) is 2.51. The van der Waals surface area contributed by atoms with Crippen molar-refractivity contribution in [3.63, 3.8) is 0 Å². The molecule has 1 unspecified atom stereocenters. The van der Waals surface area contributed by atoms with E-state index in [1.54, 1.807) is 0 Å². The quantitative estimate of drug-likeness (QED) is 0.663. The molecule has 0 amide bonds.